The van der Waals surface area contributed by atoms with Crippen LogP contribution in [0.1, 0.15) is 16.1 Å². The number of carboxylic acids is 1. The number of aromatic carboxylic acids is 1. The average molecular weight is 229 g/mol. The largest absolute Gasteiger partial charge is 0.478 e. The van der Waals surface area contributed by atoms with Crippen molar-refractivity contribution < 1.29 is 14.6 Å². The van der Waals surface area contributed by atoms with E-state index in [1.807, 2.05) is 30.3 Å². The van der Waals surface area contributed by atoms with Crippen molar-refractivity contribution in [2.24, 2.45) is 0 Å². The molecule has 1 aromatic carbocycles. The molecule has 1 aromatic heterocycles. The highest BCUT2D eigenvalue weighted by atomic mass is 16.5. The number of aryl methyl sites for hydroxylation is 1. The Kier molecular flexibility index (Phi) is 3.05. The number of hydrogen-bond acceptors (Lipinski definition) is 3. The summed E-state index contributed by atoms with van der Waals surface area (Å²) in [6.07, 6.45) is 0. The van der Waals surface area contributed by atoms with Gasteiger partial charge in [0.25, 0.3) is 0 Å². The first kappa shape index (κ1) is 11.1. The normalized spacial score (nSPS) is 9.94. The molecule has 0 saturated carbocycles. The van der Waals surface area contributed by atoms with Crippen LogP contribution in [0.2, 0.25) is 0 Å². The number of ether oxygens (including phenoxy) is 1. The number of pyridine rings is 1. The molecule has 0 fully saturated rings. The lowest BCUT2D eigenvalue weighted by atomic mass is 10.2. The van der Waals surface area contributed by atoms with Crippen LogP contribution in [0.5, 0.6) is 11.6 Å². The van der Waals surface area contributed by atoms with E-state index >= 15 is 0 Å². The molecule has 0 bridgehead atoms. The number of benzene rings is 1. The van der Waals surface area contributed by atoms with Crippen molar-refractivity contribution in [3.63, 3.8) is 0 Å². The lowest BCUT2D eigenvalue weighted by Gasteiger charge is -2.06. The van der Waals surface area contributed by atoms with E-state index in [0.717, 1.165) is 0 Å². The molecule has 0 amide bonds. The maximum absolute atomic E-state index is 10.8. The van der Waals surface area contributed by atoms with Gasteiger partial charge in [0.1, 0.15) is 5.75 Å². The molecule has 0 aliphatic carbocycles. The molecular formula is C13H11NO3. The zero-order valence-electron chi connectivity index (χ0n) is 9.25. The summed E-state index contributed by atoms with van der Waals surface area (Å²) in [4.78, 5) is 14.9. The SMILES string of the molecule is Cc1nc(Oc2ccccc2)ccc1C(=O)O. The van der Waals surface area contributed by atoms with Crippen LogP contribution in [0.4, 0.5) is 0 Å². The van der Waals surface area contributed by atoms with Gasteiger partial charge in [-0.3, -0.25) is 0 Å². The predicted molar refractivity (Wildman–Crippen MR) is 62.4 cm³/mol. The van der Waals surface area contributed by atoms with Gasteiger partial charge in [-0.05, 0) is 25.1 Å². The molecule has 0 saturated heterocycles. The van der Waals surface area contributed by atoms with Crippen LogP contribution in [0, 0.1) is 6.92 Å². The summed E-state index contributed by atoms with van der Waals surface area (Å²) in [5, 5.41) is 8.87. The standard InChI is InChI=1S/C13H11NO3/c1-9-11(13(15)16)7-8-12(14-9)17-10-5-3-2-4-6-10/h2-8H,1H3,(H,15,16). The maximum atomic E-state index is 10.8. The summed E-state index contributed by atoms with van der Waals surface area (Å²) < 4.78 is 5.49. The van der Waals surface area contributed by atoms with Crippen LogP contribution in [-0.2, 0) is 0 Å². The summed E-state index contributed by atoms with van der Waals surface area (Å²) in [7, 11) is 0. The number of aromatic nitrogens is 1. The third kappa shape index (κ3) is 2.60. The predicted octanol–water partition coefficient (Wildman–Crippen LogP) is 2.88. The molecule has 2 aromatic rings. The van der Waals surface area contributed by atoms with Crippen molar-refractivity contribution in [3.8, 4) is 11.6 Å². The molecule has 0 radical (unpaired) electrons. The molecule has 86 valence electrons. The first-order valence-corrected chi connectivity index (χ1v) is 5.10. The lowest BCUT2D eigenvalue weighted by molar-refractivity contribution is 0.0695. The van der Waals surface area contributed by atoms with Gasteiger partial charge in [-0.1, -0.05) is 18.2 Å². The Morgan fingerprint density at radius 1 is 1.18 bits per heavy atom. The van der Waals surface area contributed by atoms with E-state index in [4.69, 9.17) is 9.84 Å². The van der Waals surface area contributed by atoms with Crippen molar-refractivity contribution in [1.29, 1.82) is 0 Å². The van der Waals surface area contributed by atoms with E-state index < -0.39 is 5.97 Å². The van der Waals surface area contributed by atoms with Crippen LogP contribution >= 0.6 is 0 Å². The number of nitrogens with zero attached hydrogens (tertiary/aromatic N) is 1. The van der Waals surface area contributed by atoms with Gasteiger partial charge >= 0.3 is 5.97 Å². The fraction of sp³-hybridized carbons (Fsp3) is 0.0769. The second-order valence-electron chi connectivity index (χ2n) is 3.50. The molecule has 0 aliphatic rings. The topological polar surface area (TPSA) is 59.4 Å². The number of hydrogen-bond donors (Lipinski definition) is 1. The van der Waals surface area contributed by atoms with Gasteiger partial charge in [-0.25, -0.2) is 9.78 Å². The highest BCUT2D eigenvalue weighted by Gasteiger charge is 2.09. The Morgan fingerprint density at radius 3 is 2.47 bits per heavy atom. The molecule has 1 N–H and O–H groups in total. The second-order valence-corrected chi connectivity index (χ2v) is 3.50. The summed E-state index contributed by atoms with van der Waals surface area (Å²) in [5.41, 5.74) is 0.622. The van der Waals surface area contributed by atoms with E-state index in [0.29, 0.717) is 17.3 Å². The molecule has 0 atom stereocenters. The number of para-hydroxylation sites is 1. The van der Waals surface area contributed by atoms with Crippen molar-refractivity contribution in [2.75, 3.05) is 0 Å². The summed E-state index contributed by atoms with van der Waals surface area (Å²) >= 11 is 0. The minimum atomic E-state index is -0.985. The second kappa shape index (κ2) is 4.65. The fourth-order valence-electron chi connectivity index (χ4n) is 1.43. The van der Waals surface area contributed by atoms with Gasteiger partial charge in [0.15, 0.2) is 0 Å². The minimum absolute atomic E-state index is 0.186. The lowest BCUT2D eigenvalue weighted by Crippen LogP contribution is -2.02. The van der Waals surface area contributed by atoms with Gasteiger partial charge in [-0.15, -0.1) is 0 Å². The first-order valence-electron chi connectivity index (χ1n) is 5.10. The van der Waals surface area contributed by atoms with Crippen LogP contribution in [-0.4, -0.2) is 16.1 Å². The number of carboxylic acid groups (broad SMARTS) is 1. The fourth-order valence-corrected chi connectivity index (χ4v) is 1.43. The summed E-state index contributed by atoms with van der Waals surface area (Å²) in [6, 6.07) is 12.2. The Bertz CT molecular complexity index is 538. The third-order valence-electron chi connectivity index (χ3n) is 2.26. The van der Waals surface area contributed by atoms with Gasteiger partial charge in [-0.2, -0.15) is 0 Å². The monoisotopic (exact) mass is 229 g/mol. The van der Waals surface area contributed by atoms with E-state index in [1.165, 1.54) is 6.07 Å². The van der Waals surface area contributed by atoms with Crippen LogP contribution < -0.4 is 4.74 Å². The van der Waals surface area contributed by atoms with Crippen LogP contribution in [0.25, 0.3) is 0 Å². The zero-order valence-corrected chi connectivity index (χ0v) is 9.25. The first-order chi connectivity index (χ1) is 8.16. The highest BCUT2D eigenvalue weighted by Crippen LogP contribution is 2.20. The van der Waals surface area contributed by atoms with Crippen LogP contribution in [0.15, 0.2) is 42.5 Å². The molecule has 4 heteroatoms. The van der Waals surface area contributed by atoms with E-state index in [1.54, 1.807) is 13.0 Å². The molecule has 17 heavy (non-hydrogen) atoms. The smallest absolute Gasteiger partial charge is 0.337 e. The van der Waals surface area contributed by atoms with Gasteiger partial charge in [0.2, 0.25) is 5.88 Å². The van der Waals surface area contributed by atoms with E-state index in [9.17, 15) is 4.79 Å². The minimum Gasteiger partial charge on any atom is -0.478 e. The Labute approximate surface area is 98.5 Å². The molecule has 0 aliphatic heterocycles. The van der Waals surface area contributed by atoms with Gasteiger partial charge in [0, 0.05) is 6.07 Å². The molecule has 4 nitrogen and oxygen atoms in total. The molecular weight excluding hydrogens is 218 g/mol. The van der Waals surface area contributed by atoms with Gasteiger partial charge < -0.3 is 9.84 Å². The Morgan fingerprint density at radius 2 is 1.88 bits per heavy atom. The van der Waals surface area contributed by atoms with Crippen molar-refractivity contribution >= 4 is 5.97 Å². The Balaban J connectivity index is 2.24. The maximum Gasteiger partial charge on any atom is 0.337 e. The average Bonchev–Trinajstić information content (AvgIpc) is 2.30. The van der Waals surface area contributed by atoms with E-state index in [-0.39, 0.29) is 5.56 Å². The third-order valence-corrected chi connectivity index (χ3v) is 2.26. The van der Waals surface area contributed by atoms with Crippen LogP contribution in [0.3, 0.4) is 0 Å². The Hall–Kier alpha value is -2.36. The van der Waals surface area contributed by atoms with Crippen molar-refractivity contribution in [2.45, 2.75) is 6.92 Å². The highest BCUT2D eigenvalue weighted by molar-refractivity contribution is 5.88. The molecule has 0 spiro atoms. The molecule has 2 rings (SSSR count). The zero-order chi connectivity index (χ0) is 12.3. The van der Waals surface area contributed by atoms with Crippen molar-refractivity contribution in [1.82, 2.24) is 4.98 Å². The summed E-state index contributed by atoms with van der Waals surface area (Å²) in [6.45, 7) is 1.64. The van der Waals surface area contributed by atoms with Crippen molar-refractivity contribution in [3.05, 3.63) is 53.7 Å². The molecule has 0 unspecified atom stereocenters. The number of carbonyl (C=O) groups is 1. The van der Waals surface area contributed by atoms with E-state index in [2.05, 4.69) is 4.98 Å². The number of rotatable bonds is 3. The molecule has 1 heterocycles. The van der Waals surface area contributed by atoms with Gasteiger partial charge in [0.05, 0.1) is 11.3 Å². The quantitative estimate of drug-likeness (QED) is 0.879. The summed E-state index contributed by atoms with van der Waals surface area (Å²) in [5.74, 6) is 0.0717.